The highest BCUT2D eigenvalue weighted by molar-refractivity contribution is 6.02. The molecule has 1 saturated carbocycles. The first kappa shape index (κ1) is 36.1. The highest BCUT2D eigenvalue weighted by Gasteiger charge is 2.38. The molecule has 0 radical (unpaired) electrons. The number of piperazine rings is 1. The number of fused-ring (bicyclic) bond motifs is 1. The monoisotopic (exact) mass is 748 g/mol. The van der Waals surface area contributed by atoms with Gasteiger partial charge in [0.1, 0.15) is 36.1 Å². The Morgan fingerprint density at radius 1 is 1.00 bits per heavy atom. The lowest BCUT2D eigenvalue weighted by Gasteiger charge is -2.42. The van der Waals surface area contributed by atoms with Gasteiger partial charge >= 0.3 is 0 Å². The highest BCUT2D eigenvalue weighted by Crippen LogP contribution is 2.45. The number of carbonyl (C=O) groups excluding carboxylic acids is 4. The van der Waals surface area contributed by atoms with Crippen LogP contribution in [0.2, 0.25) is 0 Å². The molecule has 2 saturated heterocycles. The zero-order chi connectivity index (χ0) is 38.1. The van der Waals surface area contributed by atoms with Crippen LogP contribution >= 0.6 is 0 Å². The minimum absolute atomic E-state index is 0.00921. The molecule has 2 unspecified atom stereocenters. The van der Waals surface area contributed by atoms with Gasteiger partial charge < -0.3 is 35.5 Å². The molecule has 8 rings (SSSR count). The number of nitrogens with two attached hydrogens (primary N) is 1. The maximum Gasteiger partial charge on any atom is 0.249 e. The van der Waals surface area contributed by atoms with Gasteiger partial charge in [-0.05, 0) is 67.9 Å². The molecule has 2 aromatic carbocycles. The first-order chi connectivity index (χ1) is 26.8. The van der Waals surface area contributed by atoms with Gasteiger partial charge in [0.25, 0.3) is 0 Å². The number of piperidine rings is 1. The van der Waals surface area contributed by atoms with Crippen LogP contribution < -0.4 is 30.9 Å². The maximum absolute atomic E-state index is 13.7. The smallest absolute Gasteiger partial charge is 0.249 e. The van der Waals surface area contributed by atoms with E-state index in [9.17, 15) is 24.3 Å². The Hall–Kier alpha value is -5.87. The van der Waals surface area contributed by atoms with Crippen molar-refractivity contribution in [1.29, 1.82) is 0 Å². The summed E-state index contributed by atoms with van der Waals surface area (Å²) in [5.74, 6) is 1.06. The third-order valence-electron chi connectivity index (χ3n) is 11.2. The Kier molecular flexibility index (Phi) is 10.2. The zero-order valence-electron chi connectivity index (χ0n) is 30.3. The molecular weight excluding hydrogens is 704 g/mol. The van der Waals surface area contributed by atoms with Crippen molar-refractivity contribution in [3.8, 4) is 28.4 Å². The highest BCUT2D eigenvalue weighted by atomic mass is 16.5. The Morgan fingerprint density at radius 2 is 1.84 bits per heavy atom. The van der Waals surface area contributed by atoms with Gasteiger partial charge in [-0.15, -0.1) is 10.2 Å². The summed E-state index contributed by atoms with van der Waals surface area (Å²) in [6.07, 6.45) is 8.70. The Bertz CT molecular complexity index is 2100. The van der Waals surface area contributed by atoms with E-state index in [0.717, 1.165) is 49.2 Å². The summed E-state index contributed by atoms with van der Waals surface area (Å²) in [7, 11) is 0. The van der Waals surface area contributed by atoms with Crippen LogP contribution in [0.1, 0.15) is 50.0 Å². The first-order valence-corrected chi connectivity index (χ1v) is 18.8. The van der Waals surface area contributed by atoms with Crippen molar-refractivity contribution >= 4 is 41.2 Å². The molecule has 5 heterocycles. The van der Waals surface area contributed by atoms with Crippen molar-refractivity contribution in [2.24, 2.45) is 5.73 Å². The number of aromatic hydroxyl groups is 1. The number of benzene rings is 2. The lowest BCUT2D eigenvalue weighted by atomic mass is 9.80. The van der Waals surface area contributed by atoms with Crippen molar-refractivity contribution in [2.75, 3.05) is 54.4 Å². The maximum atomic E-state index is 13.7. The predicted molar refractivity (Wildman–Crippen MR) is 203 cm³/mol. The van der Waals surface area contributed by atoms with E-state index in [1.165, 1.54) is 0 Å². The van der Waals surface area contributed by atoms with Crippen molar-refractivity contribution in [2.45, 2.75) is 62.6 Å². The van der Waals surface area contributed by atoms with Gasteiger partial charge in [-0.1, -0.05) is 24.3 Å². The molecule has 4 aromatic rings. The van der Waals surface area contributed by atoms with Crippen LogP contribution in [-0.2, 0) is 19.2 Å². The average Bonchev–Trinajstić information content (AvgIpc) is 3.70. The third-order valence-corrected chi connectivity index (χ3v) is 11.2. The number of ether oxygens (including phenoxy) is 1. The summed E-state index contributed by atoms with van der Waals surface area (Å²) >= 11 is 0. The van der Waals surface area contributed by atoms with Crippen LogP contribution in [0.25, 0.3) is 16.9 Å². The van der Waals surface area contributed by atoms with E-state index in [2.05, 4.69) is 41.8 Å². The standard InChI is InChI=1S/C39H44N10O6/c40-25(23-50)19-41-38-33(18-30(44-45-38)29-4-1-2-7-34(29)51)49-21-27(20-42-49)47-15-14-46(22-36(47)53)26-10-8-24(9-11-26)28-5-3-6-31-37(28)55-17-16-48(31)32-12-13-35(52)43-39(32)54/h1-7,18,20-21,23-26,32,51H,8-17,19,22,40H2,(H,41,45)(H,43,52,54). The molecule has 2 atom stereocenters. The predicted octanol–water partition coefficient (Wildman–Crippen LogP) is 2.35. The van der Waals surface area contributed by atoms with Gasteiger partial charge in [-0.25, -0.2) is 4.68 Å². The normalized spacial score (nSPS) is 22.4. The quantitative estimate of drug-likeness (QED) is 0.136. The SMILES string of the molecule is NC(C=O)CNc1nnc(-c2ccccc2O)cc1-n1cc(N2CCN(C3CCC(c4cccc5c4OCCN5C4CCC(=O)NC4=O)CC3)CC2=O)cn1. The topological polar surface area (TPSA) is 201 Å². The van der Waals surface area contributed by atoms with Gasteiger partial charge in [0, 0.05) is 37.7 Å². The number of hydrogen-bond acceptors (Lipinski definition) is 13. The van der Waals surface area contributed by atoms with Crippen molar-refractivity contribution in [3.63, 3.8) is 0 Å². The van der Waals surface area contributed by atoms with Gasteiger partial charge in [0.15, 0.2) is 5.82 Å². The second-order valence-electron chi connectivity index (χ2n) is 14.5. The van der Waals surface area contributed by atoms with Crippen LogP contribution in [-0.4, -0.2) is 111 Å². The third kappa shape index (κ3) is 7.34. The van der Waals surface area contributed by atoms with E-state index in [1.54, 1.807) is 52.3 Å². The molecule has 16 heteroatoms. The summed E-state index contributed by atoms with van der Waals surface area (Å²) < 4.78 is 7.84. The minimum atomic E-state index is -0.750. The molecule has 3 aliphatic heterocycles. The molecule has 0 spiro atoms. The van der Waals surface area contributed by atoms with Crippen LogP contribution in [0.3, 0.4) is 0 Å². The fraction of sp³-hybridized carbons (Fsp3) is 0.410. The second-order valence-corrected chi connectivity index (χ2v) is 14.5. The summed E-state index contributed by atoms with van der Waals surface area (Å²) in [4.78, 5) is 55.5. The number of nitrogens with one attached hydrogen (secondary N) is 2. The van der Waals surface area contributed by atoms with E-state index in [4.69, 9.17) is 10.5 Å². The van der Waals surface area contributed by atoms with Gasteiger partial charge in [0.05, 0.1) is 48.6 Å². The molecule has 2 aromatic heterocycles. The Morgan fingerprint density at radius 3 is 2.62 bits per heavy atom. The minimum Gasteiger partial charge on any atom is -0.507 e. The molecule has 16 nitrogen and oxygen atoms in total. The number of imide groups is 1. The lowest BCUT2D eigenvalue weighted by molar-refractivity contribution is -0.134. The number of anilines is 3. The van der Waals surface area contributed by atoms with E-state index < -0.39 is 6.04 Å². The number of phenols is 1. The number of carbonyl (C=O) groups is 4. The number of rotatable bonds is 10. The van der Waals surface area contributed by atoms with E-state index >= 15 is 0 Å². The van der Waals surface area contributed by atoms with Crippen molar-refractivity contribution < 1.29 is 29.0 Å². The Labute approximate surface area is 317 Å². The molecule has 286 valence electrons. The number of phenolic OH excluding ortho intramolecular Hbond substituents is 1. The van der Waals surface area contributed by atoms with Gasteiger partial charge in [0.2, 0.25) is 17.7 Å². The molecule has 3 amide bonds. The fourth-order valence-corrected chi connectivity index (χ4v) is 8.30. The van der Waals surface area contributed by atoms with Crippen molar-refractivity contribution in [3.05, 3.63) is 66.5 Å². The van der Waals surface area contributed by atoms with E-state index in [-0.39, 0.29) is 42.1 Å². The summed E-state index contributed by atoms with van der Waals surface area (Å²) in [6, 6.07) is 13.9. The zero-order valence-corrected chi connectivity index (χ0v) is 30.3. The molecule has 55 heavy (non-hydrogen) atoms. The lowest BCUT2D eigenvalue weighted by Crippen LogP contribution is -2.54. The van der Waals surface area contributed by atoms with Crippen LogP contribution in [0.5, 0.6) is 11.5 Å². The number of para-hydroxylation sites is 2. The molecule has 3 fully saturated rings. The van der Waals surface area contributed by atoms with Gasteiger partial charge in [-0.3, -0.25) is 24.6 Å². The number of amides is 3. The van der Waals surface area contributed by atoms with Gasteiger partial charge in [-0.2, -0.15) is 5.10 Å². The number of nitrogens with zero attached hydrogens (tertiary/aromatic N) is 7. The fourth-order valence-electron chi connectivity index (χ4n) is 8.30. The molecule has 1 aliphatic carbocycles. The van der Waals surface area contributed by atoms with E-state index in [1.807, 2.05) is 12.1 Å². The average molecular weight is 749 g/mol. The largest absolute Gasteiger partial charge is 0.507 e. The Balaban J connectivity index is 0.923. The summed E-state index contributed by atoms with van der Waals surface area (Å²) in [5, 5.41) is 29.2. The number of aromatic nitrogens is 4. The van der Waals surface area contributed by atoms with Crippen LogP contribution in [0, 0.1) is 0 Å². The van der Waals surface area contributed by atoms with Crippen LogP contribution in [0.15, 0.2) is 60.9 Å². The summed E-state index contributed by atoms with van der Waals surface area (Å²) in [6.45, 7) is 2.74. The molecular formula is C39H44N10O6. The van der Waals surface area contributed by atoms with Crippen molar-refractivity contribution in [1.82, 2.24) is 30.2 Å². The number of hydrogen-bond donors (Lipinski definition) is 4. The summed E-state index contributed by atoms with van der Waals surface area (Å²) in [5.41, 5.74) is 9.96. The number of aldehydes is 1. The van der Waals surface area contributed by atoms with Crippen LogP contribution in [0.4, 0.5) is 17.2 Å². The van der Waals surface area contributed by atoms with E-state index in [0.29, 0.717) is 79.7 Å². The molecule has 5 N–H and O–H groups in total. The first-order valence-electron chi connectivity index (χ1n) is 18.8. The molecule has 0 bridgehead atoms. The molecule has 4 aliphatic rings. The second kappa shape index (κ2) is 15.5.